The number of fused-ring (bicyclic) bond motifs is 1. The van der Waals surface area contributed by atoms with Gasteiger partial charge in [0.25, 0.3) is 0 Å². The van der Waals surface area contributed by atoms with Gasteiger partial charge in [-0.15, -0.1) is 0 Å². The summed E-state index contributed by atoms with van der Waals surface area (Å²) in [6.45, 7) is -0.395. The van der Waals surface area contributed by atoms with Crippen LogP contribution in [-0.4, -0.2) is 80.2 Å². The van der Waals surface area contributed by atoms with E-state index in [1.54, 1.807) is 6.20 Å². The van der Waals surface area contributed by atoms with E-state index in [0.717, 1.165) is 10.9 Å². The van der Waals surface area contributed by atoms with Crippen LogP contribution in [0.25, 0.3) is 10.9 Å². The predicted octanol–water partition coefficient (Wildman–Crippen LogP) is 4.25. The molecule has 48 heavy (non-hydrogen) atoms. The molecule has 264 valence electrons. The Kier molecular flexibility index (Phi) is 13.8. The van der Waals surface area contributed by atoms with Gasteiger partial charge in [0.1, 0.15) is 12.6 Å². The number of carboxylic acid groups (broad SMARTS) is 1. The Morgan fingerprint density at radius 1 is 0.896 bits per heavy atom. The Labute approximate surface area is 274 Å². The lowest BCUT2D eigenvalue weighted by Crippen LogP contribution is -2.42. The molecule has 0 saturated heterocycles. The maximum atomic E-state index is 12.5. The van der Waals surface area contributed by atoms with Crippen molar-refractivity contribution in [1.82, 2.24) is 10.3 Å². The summed E-state index contributed by atoms with van der Waals surface area (Å²) >= 11 is 0. The second kappa shape index (κ2) is 17.3. The fourth-order valence-electron chi connectivity index (χ4n) is 4.75. The maximum Gasteiger partial charge on any atom is 0.514 e. The highest BCUT2D eigenvalue weighted by Crippen LogP contribution is 2.61. The average molecular weight is 717 g/mol. The number of H-pyrrole nitrogens is 1. The van der Waals surface area contributed by atoms with Crippen LogP contribution in [0.3, 0.4) is 0 Å². The van der Waals surface area contributed by atoms with Gasteiger partial charge in [-0.3, -0.25) is 9.13 Å². The van der Waals surface area contributed by atoms with Gasteiger partial charge in [0, 0.05) is 23.5 Å². The van der Waals surface area contributed by atoms with Crippen molar-refractivity contribution in [2.45, 2.75) is 56.6 Å². The number of unbranched alkanes of at least 4 members (excludes halogenated alkanes) is 3. The predicted molar refractivity (Wildman–Crippen MR) is 169 cm³/mol. The van der Waals surface area contributed by atoms with Gasteiger partial charge in [-0.1, -0.05) is 37.5 Å². The molecule has 0 aliphatic carbocycles. The van der Waals surface area contributed by atoms with Crippen LogP contribution in [0.15, 0.2) is 42.6 Å². The van der Waals surface area contributed by atoms with Crippen molar-refractivity contribution in [3.8, 4) is 17.2 Å². The van der Waals surface area contributed by atoms with E-state index in [9.17, 15) is 28.6 Å². The summed E-state index contributed by atoms with van der Waals surface area (Å²) in [6, 6.07) is 8.92. The van der Waals surface area contributed by atoms with E-state index in [1.165, 1.54) is 26.4 Å². The average Bonchev–Trinajstić information content (AvgIpc) is 3.42. The molecule has 0 fully saturated rings. The Balaban J connectivity index is 1.49. The highest BCUT2D eigenvalue weighted by Gasteiger charge is 2.42. The SMILES string of the molecule is COc1cc(COC(=O)NC(Cc2c[nH]c3ccccc23)C(=O)O)cc(OC)c1OC(=O)OCCCCCCC(P(=O)(O)O)P(=O)(O)O. The van der Waals surface area contributed by atoms with E-state index in [0.29, 0.717) is 30.4 Å². The van der Waals surface area contributed by atoms with Crippen molar-refractivity contribution in [3.63, 3.8) is 0 Å². The summed E-state index contributed by atoms with van der Waals surface area (Å²) in [5.41, 5.74) is 1.90. The number of methoxy groups -OCH3 is 2. The molecule has 0 saturated carbocycles. The second-order valence-electron chi connectivity index (χ2n) is 10.6. The van der Waals surface area contributed by atoms with Gasteiger partial charge in [-0.2, -0.15) is 0 Å². The van der Waals surface area contributed by atoms with Crippen LogP contribution in [0.4, 0.5) is 9.59 Å². The van der Waals surface area contributed by atoms with Crippen LogP contribution in [-0.2, 0) is 36.4 Å². The number of carbonyl (C=O) groups excluding carboxylic acids is 2. The summed E-state index contributed by atoms with van der Waals surface area (Å²) in [4.78, 5) is 76.5. The third-order valence-corrected chi connectivity index (χ3v) is 11.0. The molecular formula is C29H38N2O15P2. The molecule has 17 nitrogen and oxygen atoms in total. The third-order valence-electron chi connectivity index (χ3n) is 7.12. The number of aliphatic carboxylic acids is 1. The number of ether oxygens (including phenoxy) is 5. The normalized spacial score (nSPS) is 12.4. The fraction of sp³-hybridized carbons (Fsp3) is 0.414. The first-order chi connectivity index (χ1) is 22.6. The minimum absolute atomic E-state index is 0.0113. The molecular weight excluding hydrogens is 678 g/mol. The standard InChI is InChI=1S/C29H38N2O15P2/c1-42-23-13-18(17-45-28(34)31-22(27(32)33)15-19-16-30-21-10-7-6-9-20(19)21)14-24(43-2)26(23)46-29(35)44-12-8-4-3-5-11-25(47(36,37)38)48(39,40)41/h6-7,9-10,13-14,16,22,25,30H,3-5,8,11-12,15,17H2,1-2H3,(H,31,34)(H,32,33)(H2,36,37,38)(H2,39,40,41). The number of benzene rings is 2. The molecule has 0 spiro atoms. The van der Waals surface area contributed by atoms with Crippen LogP contribution < -0.4 is 19.5 Å². The molecule has 3 aromatic rings. The number of para-hydroxylation sites is 1. The van der Waals surface area contributed by atoms with Gasteiger partial charge >= 0.3 is 33.4 Å². The largest absolute Gasteiger partial charge is 0.514 e. The molecule has 0 radical (unpaired) electrons. The summed E-state index contributed by atoms with van der Waals surface area (Å²) in [7, 11) is -7.34. The number of aromatic nitrogens is 1. The fourth-order valence-corrected chi connectivity index (χ4v) is 7.36. The molecule has 0 aliphatic heterocycles. The lowest BCUT2D eigenvalue weighted by molar-refractivity contribution is -0.139. The van der Waals surface area contributed by atoms with Crippen molar-refractivity contribution >= 4 is 44.3 Å². The lowest BCUT2D eigenvalue weighted by atomic mass is 10.1. The van der Waals surface area contributed by atoms with Crippen LogP contribution >= 0.6 is 15.2 Å². The topological polar surface area (TPSA) is 260 Å². The van der Waals surface area contributed by atoms with Gasteiger partial charge < -0.3 is 58.7 Å². The first-order valence-corrected chi connectivity index (χ1v) is 17.9. The van der Waals surface area contributed by atoms with E-state index >= 15 is 0 Å². The second-order valence-corrected chi connectivity index (χ2v) is 14.6. The molecule has 1 amide bonds. The highest BCUT2D eigenvalue weighted by atomic mass is 31.2. The van der Waals surface area contributed by atoms with Gasteiger partial charge in [0.2, 0.25) is 5.75 Å². The van der Waals surface area contributed by atoms with Crippen molar-refractivity contribution in [3.05, 3.63) is 53.7 Å². The van der Waals surface area contributed by atoms with Crippen LogP contribution in [0.2, 0.25) is 0 Å². The molecule has 0 bridgehead atoms. The molecule has 1 unspecified atom stereocenters. The highest BCUT2D eigenvalue weighted by molar-refractivity contribution is 7.70. The van der Waals surface area contributed by atoms with Gasteiger partial charge in [-0.25, -0.2) is 14.4 Å². The molecule has 3 rings (SSSR count). The van der Waals surface area contributed by atoms with E-state index in [1.807, 2.05) is 24.3 Å². The summed E-state index contributed by atoms with van der Waals surface area (Å²) in [5, 5.41) is 10.8. The summed E-state index contributed by atoms with van der Waals surface area (Å²) < 4.78 is 48.8. The minimum Gasteiger partial charge on any atom is -0.493 e. The zero-order valence-electron chi connectivity index (χ0n) is 26.1. The van der Waals surface area contributed by atoms with E-state index < -0.39 is 44.9 Å². The number of rotatable bonds is 18. The Morgan fingerprint density at radius 2 is 1.52 bits per heavy atom. The molecule has 1 atom stereocenters. The molecule has 1 heterocycles. The van der Waals surface area contributed by atoms with Gasteiger partial charge in [0.15, 0.2) is 16.9 Å². The monoisotopic (exact) mass is 716 g/mol. The maximum absolute atomic E-state index is 12.5. The molecule has 7 N–H and O–H groups in total. The third kappa shape index (κ3) is 11.3. The zero-order chi connectivity index (χ0) is 35.5. The smallest absolute Gasteiger partial charge is 0.493 e. The van der Waals surface area contributed by atoms with Crippen LogP contribution in [0.5, 0.6) is 17.2 Å². The Hall–Kier alpha value is -4.11. The molecule has 0 aliphatic rings. The Bertz CT molecular complexity index is 1620. The lowest BCUT2D eigenvalue weighted by Gasteiger charge is -2.19. The quantitative estimate of drug-likeness (QED) is 0.0420. The van der Waals surface area contributed by atoms with E-state index in [2.05, 4.69) is 10.3 Å². The van der Waals surface area contributed by atoms with Crippen molar-refractivity contribution < 1.29 is 71.9 Å². The molecule has 2 aromatic carbocycles. The zero-order valence-corrected chi connectivity index (χ0v) is 27.9. The minimum atomic E-state index is -4.97. The van der Waals surface area contributed by atoms with E-state index in [4.69, 9.17) is 43.3 Å². The number of carbonyl (C=O) groups is 3. The number of alkyl carbamates (subject to hydrolysis) is 1. The van der Waals surface area contributed by atoms with Crippen molar-refractivity contribution in [1.29, 1.82) is 0 Å². The van der Waals surface area contributed by atoms with Gasteiger partial charge in [0.05, 0.1) is 20.8 Å². The van der Waals surface area contributed by atoms with Crippen LogP contribution in [0.1, 0.15) is 43.2 Å². The number of aromatic amines is 1. The number of nitrogens with one attached hydrogen (secondary N) is 2. The first-order valence-electron chi connectivity index (χ1n) is 14.5. The van der Waals surface area contributed by atoms with Crippen molar-refractivity contribution in [2.75, 3.05) is 20.8 Å². The van der Waals surface area contributed by atoms with E-state index in [-0.39, 0.29) is 49.7 Å². The van der Waals surface area contributed by atoms with Crippen LogP contribution in [0, 0.1) is 0 Å². The van der Waals surface area contributed by atoms with Crippen molar-refractivity contribution in [2.24, 2.45) is 0 Å². The Morgan fingerprint density at radius 3 is 2.12 bits per heavy atom. The summed E-state index contributed by atoms with van der Waals surface area (Å²) in [5.74, 6) is -1.29. The number of hydrogen-bond donors (Lipinski definition) is 7. The number of amides is 1. The number of carboxylic acids is 1. The molecule has 19 heteroatoms. The first kappa shape index (κ1) is 38.3. The van der Waals surface area contributed by atoms with Gasteiger partial charge in [-0.05, 0) is 42.2 Å². The molecule has 1 aromatic heterocycles. The number of hydrogen-bond acceptors (Lipinski definition) is 10. The summed E-state index contributed by atoms with van der Waals surface area (Å²) in [6.07, 6.45) is 0.550.